The zero-order valence-corrected chi connectivity index (χ0v) is 19.3. The normalized spacial score (nSPS) is 13.3. The van der Waals surface area contributed by atoms with E-state index in [1.807, 2.05) is 17.7 Å². The van der Waals surface area contributed by atoms with E-state index in [0.29, 0.717) is 34.5 Å². The molecule has 0 aliphatic heterocycles. The molecule has 0 saturated heterocycles. The summed E-state index contributed by atoms with van der Waals surface area (Å²) in [5.74, 6) is 1.07. The molecule has 34 heavy (non-hydrogen) atoms. The topological polar surface area (TPSA) is 107 Å². The van der Waals surface area contributed by atoms with Crippen LogP contribution in [0.15, 0.2) is 42.6 Å². The largest absolute Gasteiger partial charge is 0.385 e. The number of aryl methyl sites for hydroxylation is 1. The zero-order chi connectivity index (χ0) is 24.0. The van der Waals surface area contributed by atoms with Crippen molar-refractivity contribution in [1.29, 1.82) is 0 Å². The highest BCUT2D eigenvalue weighted by Gasteiger charge is 2.24. The number of carbonyl (C=O) groups is 1. The summed E-state index contributed by atoms with van der Waals surface area (Å²) in [5, 5.41) is 10.2. The maximum atomic E-state index is 13.5. The van der Waals surface area contributed by atoms with Crippen molar-refractivity contribution in [1.82, 2.24) is 29.5 Å². The van der Waals surface area contributed by atoms with Crippen LogP contribution in [0.3, 0.4) is 0 Å². The van der Waals surface area contributed by atoms with Gasteiger partial charge in [0, 0.05) is 29.8 Å². The highest BCUT2D eigenvalue weighted by Crippen LogP contribution is 2.33. The summed E-state index contributed by atoms with van der Waals surface area (Å²) in [7, 11) is 0. The van der Waals surface area contributed by atoms with Gasteiger partial charge in [-0.15, -0.1) is 0 Å². The summed E-state index contributed by atoms with van der Waals surface area (Å²) in [6.07, 6.45) is 4.02. The van der Waals surface area contributed by atoms with Crippen LogP contribution in [-0.4, -0.2) is 35.3 Å². The summed E-state index contributed by atoms with van der Waals surface area (Å²) in [5.41, 5.74) is 10.6. The second-order valence-corrected chi connectivity index (χ2v) is 8.78. The standard InChI is InChI=1S/C25H26FN7O/c1-14-23(16(3)34)15(2)33(30-14)22-12-21(27)29-25-20(10-11-28-22)24(18-6-8-19(26)9-7-18)31-32(25)13-17-4-5-17/h6-12,17,29H,4-5,13,27H2,1-3H3. The number of benzene rings is 1. The van der Waals surface area contributed by atoms with Crippen molar-refractivity contribution in [3.63, 3.8) is 0 Å². The molecule has 4 aromatic rings. The number of nitrogens with one attached hydrogen (secondary N) is 1. The minimum absolute atomic E-state index is 0.0490. The van der Waals surface area contributed by atoms with Gasteiger partial charge in [0.1, 0.15) is 23.0 Å². The van der Waals surface area contributed by atoms with Crippen molar-refractivity contribution >= 4 is 22.6 Å². The van der Waals surface area contributed by atoms with E-state index in [9.17, 15) is 9.18 Å². The van der Waals surface area contributed by atoms with Gasteiger partial charge in [0.25, 0.3) is 0 Å². The fourth-order valence-corrected chi connectivity index (χ4v) is 4.29. The molecular formula is C25H26FN7O. The summed E-state index contributed by atoms with van der Waals surface area (Å²) in [6, 6.07) is 9.83. The molecule has 3 N–H and O–H groups in total. The van der Waals surface area contributed by atoms with Gasteiger partial charge < -0.3 is 10.7 Å². The van der Waals surface area contributed by atoms with Gasteiger partial charge in [-0.25, -0.2) is 18.7 Å². The van der Waals surface area contributed by atoms with Crippen molar-refractivity contribution < 1.29 is 9.18 Å². The van der Waals surface area contributed by atoms with Gasteiger partial charge in [-0.3, -0.25) is 4.79 Å². The average Bonchev–Trinajstić information content (AvgIpc) is 3.45. The number of aromatic amines is 1. The van der Waals surface area contributed by atoms with Crippen molar-refractivity contribution in [2.24, 2.45) is 5.92 Å². The van der Waals surface area contributed by atoms with Crippen LogP contribution in [0.1, 0.15) is 41.5 Å². The summed E-state index contributed by atoms with van der Waals surface area (Å²) < 4.78 is 17.1. The van der Waals surface area contributed by atoms with Crippen molar-refractivity contribution in [3.8, 4) is 17.1 Å². The summed E-state index contributed by atoms with van der Waals surface area (Å²) in [4.78, 5) is 20.0. The van der Waals surface area contributed by atoms with Gasteiger partial charge >= 0.3 is 0 Å². The average molecular weight is 460 g/mol. The number of rotatable bonds is 5. The number of H-pyrrole nitrogens is 1. The molecule has 3 aromatic heterocycles. The number of ketones is 1. The minimum atomic E-state index is -0.300. The molecule has 1 aliphatic carbocycles. The summed E-state index contributed by atoms with van der Waals surface area (Å²) >= 11 is 0. The third-order valence-electron chi connectivity index (χ3n) is 6.09. The molecule has 5 rings (SSSR count). The molecule has 0 radical (unpaired) electrons. The number of aromatic nitrogens is 6. The Morgan fingerprint density at radius 1 is 1.18 bits per heavy atom. The lowest BCUT2D eigenvalue weighted by atomic mass is 10.1. The van der Waals surface area contributed by atoms with Crippen LogP contribution in [0.2, 0.25) is 0 Å². The zero-order valence-electron chi connectivity index (χ0n) is 19.3. The number of Topliss-reactive ketones (excluding diaryl/α,β-unsaturated/α-hetero) is 1. The molecule has 0 amide bonds. The van der Waals surface area contributed by atoms with Crippen LogP contribution in [0.4, 0.5) is 10.2 Å². The van der Waals surface area contributed by atoms with E-state index in [-0.39, 0.29) is 11.6 Å². The summed E-state index contributed by atoms with van der Waals surface area (Å²) in [6.45, 7) is 5.93. The first-order valence-electron chi connectivity index (χ1n) is 11.2. The maximum Gasteiger partial charge on any atom is 0.163 e. The first kappa shape index (κ1) is 21.8. The molecule has 174 valence electrons. The van der Waals surface area contributed by atoms with E-state index >= 15 is 0 Å². The molecular weight excluding hydrogens is 433 g/mol. The van der Waals surface area contributed by atoms with Gasteiger partial charge in [0.15, 0.2) is 11.6 Å². The number of nitrogen functional groups attached to an aromatic ring is 1. The molecule has 1 fully saturated rings. The molecule has 8 nitrogen and oxygen atoms in total. The number of carbonyl (C=O) groups excluding carboxylic acids is 1. The maximum absolute atomic E-state index is 13.5. The van der Waals surface area contributed by atoms with Crippen LogP contribution in [0.25, 0.3) is 28.1 Å². The SMILES string of the molecule is CC(=O)c1c(C)nn(-c2cc(N)[nH]c3c(ccn2)c(-c2ccc(F)cc2)nn3CC2CC2)c1C. The molecule has 1 aliphatic rings. The van der Waals surface area contributed by atoms with Crippen LogP contribution < -0.4 is 5.73 Å². The number of nitrogens with two attached hydrogens (primary N) is 1. The molecule has 9 heteroatoms. The lowest BCUT2D eigenvalue weighted by Gasteiger charge is -2.03. The van der Waals surface area contributed by atoms with Crippen molar-refractivity contribution in [2.45, 2.75) is 40.2 Å². The van der Waals surface area contributed by atoms with E-state index in [2.05, 4.69) is 15.1 Å². The number of anilines is 1. The molecule has 3 heterocycles. The molecule has 0 atom stereocenters. The third kappa shape index (κ3) is 4.05. The van der Waals surface area contributed by atoms with E-state index in [1.54, 1.807) is 36.0 Å². The smallest absolute Gasteiger partial charge is 0.163 e. The van der Waals surface area contributed by atoms with E-state index in [4.69, 9.17) is 10.8 Å². The second-order valence-electron chi connectivity index (χ2n) is 8.78. The van der Waals surface area contributed by atoms with E-state index in [1.165, 1.54) is 31.9 Å². The van der Waals surface area contributed by atoms with Crippen LogP contribution in [0.5, 0.6) is 0 Å². The highest BCUT2D eigenvalue weighted by atomic mass is 19.1. The van der Waals surface area contributed by atoms with Gasteiger partial charge in [-0.05, 0) is 69.9 Å². The Hall–Kier alpha value is -4.01. The number of halogens is 1. The van der Waals surface area contributed by atoms with E-state index < -0.39 is 0 Å². The van der Waals surface area contributed by atoms with Crippen LogP contribution >= 0.6 is 0 Å². The Balaban J connectivity index is 1.73. The molecule has 0 spiro atoms. The Kier molecular flexibility index (Phi) is 5.39. The number of fused-ring (bicyclic) bond motifs is 1. The van der Waals surface area contributed by atoms with Crippen LogP contribution in [-0.2, 0) is 6.54 Å². The van der Waals surface area contributed by atoms with Gasteiger partial charge in [0.05, 0.1) is 17.0 Å². The van der Waals surface area contributed by atoms with Gasteiger partial charge in [-0.2, -0.15) is 10.2 Å². The third-order valence-corrected chi connectivity index (χ3v) is 6.09. The van der Waals surface area contributed by atoms with Gasteiger partial charge in [0.2, 0.25) is 0 Å². The second kappa shape index (κ2) is 8.40. The Bertz CT molecular complexity index is 1460. The minimum Gasteiger partial charge on any atom is -0.385 e. The van der Waals surface area contributed by atoms with Crippen LogP contribution in [0, 0.1) is 25.6 Å². The van der Waals surface area contributed by atoms with Crippen molar-refractivity contribution in [2.75, 3.05) is 5.73 Å². The number of hydrogen-bond acceptors (Lipinski definition) is 5. The number of nitrogens with zero attached hydrogens (tertiary/aromatic N) is 5. The quantitative estimate of drug-likeness (QED) is 0.421. The van der Waals surface area contributed by atoms with Gasteiger partial charge in [-0.1, -0.05) is 0 Å². The Morgan fingerprint density at radius 3 is 2.56 bits per heavy atom. The molecule has 0 bridgehead atoms. The predicted octanol–water partition coefficient (Wildman–Crippen LogP) is 4.69. The Morgan fingerprint density at radius 2 is 1.91 bits per heavy atom. The molecule has 1 saturated carbocycles. The number of hydrogen-bond donors (Lipinski definition) is 2. The monoisotopic (exact) mass is 459 g/mol. The first-order valence-corrected chi connectivity index (χ1v) is 11.2. The first-order chi connectivity index (χ1) is 16.3. The molecule has 0 unspecified atom stereocenters. The van der Waals surface area contributed by atoms with E-state index in [0.717, 1.165) is 28.8 Å². The molecule has 1 aromatic carbocycles. The lowest BCUT2D eigenvalue weighted by molar-refractivity contribution is 0.101. The fraction of sp³-hybridized carbons (Fsp3) is 0.280. The predicted molar refractivity (Wildman–Crippen MR) is 129 cm³/mol. The highest BCUT2D eigenvalue weighted by molar-refractivity contribution is 5.96. The van der Waals surface area contributed by atoms with Crippen molar-refractivity contribution in [3.05, 3.63) is 65.4 Å². The fourth-order valence-electron chi connectivity index (χ4n) is 4.29. The lowest BCUT2D eigenvalue weighted by Crippen LogP contribution is -2.04. The Labute approximate surface area is 195 Å².